The second-order valence-electron chi connectivity index (χ2n) is 6.85. The van der Waals surface area contributed by atoms with Crippen LogP contribution < -0.4 is 5.32 Å². The van der Waals surface area contributed by atoms with Gasteiger partial charge in [-0.2, -0.15) is 13.2 Å². The average Bonchev–Trinajstić information content (AvgIpc) is 2.83. The van der Waals surface area contributed by atoms with Crippen LogP contribution in [0.5, 0.6) is 0 Å². The molecule has 0 saturated carbocycles. The number of carbonyl (C=O) groups excluding carboxylic acids is 1. The van der Waals surface area contributed by atoms with Crippen LogP contribution in [-0.2, 0) is 21.2 Å². The zero-order valence-electron chi connectivity index (χ0n) is 13.7. The van der Waals surface area contributed by atoms with Crippen molar-refractivity contribution in [1.82, 2.24) is 5.32 Å². The van der Waals surface area contributed by atoms with Gasteiger partial charge in [0.25, 0.3) is 0 Å². The molecule has 6 heteroatoms. The Morgan fingerprint density at radius 1 is 1.33 bits per heavy atom. The summed E-state index contributed by atoms with van der Waals surface area (Å²) in [6, 6.07) is 5.76. The number of ether oxygens (including phenoxy) is 1. The third-order valence-electron chi connectivity index (χ3n) is 5.18. The first-order valence-electron chi connectivity index (χ1n) is 8.43. The summed E-state index contributed by atoms with van der Waals surface area (Å²) in [4.78, 5) is 11.8. The monoisotopic (exact) mass is 341 g/mol. The van der Waals surface area contributed by atoms with Gasteiger partial charge in [-0.05, 0) is 56.2 Å². The van der Waals surface area contributed by atoms with Crippen molar-refractivity contribution in [3.8, 4) is 0 Å². The molecule has 2 bridgehead atoms. The predicted molar refractivity (Wildman–Crippen MR) is 83.3 cm³/mol. The molecular weight excluding hydrogens is 319 g/mol. The Morgan fingerprint density at radius 3 is 2.67 bits per heavy atom. The number of fused-ring (bicyclic) bond motifs is 2. The molecular formula is C18H22F3NO2. The van der Waals surface area contributed by atoms with Crippen LogP contribution in [0.2, 0.25) is 0 Å². The van der Waals surface area contributed by atoms with Gasteiger partial charge in [-0.15, -0.1) is 0 Å². The van der Waals surface area contributed by atoms with Crippen molar-refractivity contribution in [3.05, 3.63) is 35.4 Å². The summed E-state index contributed by atoms with van der Waals surface area (Å²) < 4.78 is 43.3. The number of halogens is 3. The van der Waals surface area contributed by atoms with Crippen LogP contribution in [0.25, 0.3) is 0 Å². The molecule has 1 unspecified atom stereocenters. The van der Waals surface area contributed by atoms with Crippen LogP contribution in [0.3, 0.4) is 0 Å². The van der Waals surface area contributed by atoms with Crippen LogP contribution >= 0.6 is 0 Å². The molecule has 3 atom stereocenters. The van der Waals surface area contributed by atoms with E-state index in [9.17, 15) is 18.0 Å². The maximum Gasteiger partial charge on any atom is 0.416 e. The average molecular weight is 341 g/mol. The van der Waals surface area contributed by atoms with Gasteiger partial charge in [-0.1, -0.05) is 12.1 Å². The number of nitrogens with one attached hydrogen (secondary N) is 1. The molecule has 2 fully saturated rings. The van der Waals surface area contributed by atoms with Gasteiger partial charge in [0, 0.05) is 18.0 Å². The molecule has 1 aromatic rings. The maximum atomic E-state index is 12.8. The number of benzene rings is 1. The maximum absolute atomic E-state index is 12.8. The van der Waals surface area contributed by atoms with Gasteiger partial charge in [0.1, 0.15) is 0 Å². The second kappa shape index (κ2) is 6.39. The number of hydrogen-bond donors (Lipinski definition) is 1. The van der Waals surface area contributed by atoms with E-state index in [2.05, 4.69) is 5.32 Å². The summed E-state index contributed by atoms with van der Waals surface area (Å²) >= 11 is 0. The molecule has 1 N–H and O–H groups in total. The minimum Gasteiger partial charge on any atom is -0.466 e. The van der Waals surface area contributed by atoms with Gasteiger partial charge in [-0.3, -0.25) is 4.79 Å². The van der Waals surface area contributed by atoms with E-state index in [1.54, 1.807) is 19.1 Å². The molecule has 132 valence electrons. The van der Waals surface area contributed by atoms with Crippen molar-refractivity contribution in [2.24, 2.45) is 5.92 Å². The van der Waals surface area contributed by atoms with Gasteiger partial charge >= 0.3 is 12.1 Å². The summed E-state index contributed by atoms with van der Waals surface area (Å²) in [5.74, 6) is 0.0199. The van der Waals surface area contributed by atoms with Crippen LogP contribution in [0.15, 0.2) is 24.3 Å². The predicted octanol–water partition coefficient (Wildman–Crippen LogP) is 4.02. The highest BCUT2D eigenvalue weighted by Crippen LogP contribution is 2.46. The van der Waals surface area contributed by atoms with Crippen molar-refractivity contribution in [1.29, 1.82) is 0 Å². The van der Waals surface area contributed by atoms with Crippen molar-refractivity contribution < 1.29 is 22.7 Å². The molecule has 24 heavy (non-hydrogen) atoms. The Kier molecular flexibility index (Phi) is 4.60. The molecule has 0 spiro atoms. The molecule has 0 aromatic heterocycles. The third-order valence-corrected chi connectivity index (χ3v) is 5.18. The highest BCUT2D eigenvalue weighted by molar-refractivity contribution is 5.69. The first-order chi connectivity index (χ1) is 11.3. The summed E-state index contributed by atoms with van der Waals surface area (Å²) in [6.45, 7) is 2.16. The van der Waals surface area contributed by atoms with Crippen molar-refractivity contribution in [3.63, 3.8) is 0 Å². The third kappa shape index (κ3) is 3.43. The smallest absolute Gasteiger partial charge is 0.416 e. The van der Waals surface area contributed by atoms with Crippen LogP contribution in [-0.4, -0.2) is 18.6 Å². The number of carbonyl (C=O) groups is 1. The molecule has 3 nitrogen and oxygen atoms in total. The highest BCUT2D eigenvalue weighted by Gasteiger charge is 2.46. The molecule has 1 aromatic carbocycles. The van der Waals surface area contributed by atoms with Gasteiger partial charge in [-0.25, -0.2) is 0 Å². The molecule has 0 aliphatic carbocycles. The molecule has 2 saturated heterocycles. The van der Waals surface area contributed by atoms with E-state index in [0.29, 0.717) is 19.1 Å². The topological polar surface area (TPSA) is 38.3 Å². The first-order valence-corrected chi connectivity index (χ1v) is 8.43. The van der Waals surface area contributed by atoms with Crippen LogP contribution in [0, 0.1) is 5.92 Å². The van der Waals surface area contributed by atoms with Crippen molar-refractivity contribution in [2.75, 3.05) is 6.61 Å². The highest BCUT2D eigenvalue weighted by atomic mass is 19.4. The Bertz CT molecular complexity index is 599. The lowest BCUT2D eigenvalue weighted by molar-refractivity contribution is -0.144. The fourth-order valence-electron chi connectivity index (χ4n) is 4.21. The van der Waals surface area contributed by atoms with E-state index in [1.807, 2.05) is 0 Å². The number of piperidine rings is 1. The molecule has 2 heterocycles. The van der Waals surface area contributed by atoms with Crippen LogP contribution in [0.1, 0.15) is 50.2 Å². The molecule has 2 aliphatic rings. The Balaban J connectivity index is 1.77. The largest absolute Gasteiger partial charge is 0.466 e. The fraction of sp³-hybridized carbons (Fsp3) is 0.611. The number of alkyl halides is 3. The number of hydrogen-bond acceptors (Lipinski definition) is 3. The lowest BCUT2D eigenvalue weighted by atomic mass is 9.77. The van der Waals surface area contributed by atoms with Crippen molar-refractivity contribution in [2.45, 2.75) is 56.8 Å². The zero-order chi connectivity index (χ0) is 17.4. The Labute approximate surface area is 139 Å². The number of esters is 1. The van der Waals surface area contributed by atoms with Crippen LogP contribution in [0.4, 0.5) is 13.2 Å². The van der Waals surface area contributed by atoms with E-state index >= 15 is 0 Å². The van der Waals surface area contributed by atoms with E-state index in [-0.39, 0.29) is 17.4 Å². The summed E-state index contributed by atoms with van der Waals surface area (Å²) in [5.41, 5.74) is -0.0628. The zero-order valence-corrected chi connectivity index (χ0v) is 13.7. The summed E-state index contributed by atoms with van der Waals surface area (Å²) in [5, 5.41) is 3.58. The molecule has 0 amide bonds. The van der Waals surface area contributed by atoms with Gasteiger partial charge in [0.15, 0.2) is 0 Å². The first kappa shape index (κ1) is 17.3. The van der Waals surface area contributed by atoms with Crippen molar-refractivity contribution >= 4 is 5.97 Å². The summed E-state index contributed by atoms with van der Waals surface area (Å²) in [6.07, 6.45) is -0.382. The molecule has 3 rings (SSSR count). The normalized spacial score (nSPS) is 29.5. The van der Waals surface area contributed by atoms with E-state index < -0.39 is 11.7 Å². The minimum atomic E-state index is -4.32. The van der Waals surface area contributed by atoms with Gasteiger partial charge in [0.2, 0.25) is 0 Å². The standard InChI is InChI=1S/C18H22F3NO2/c1-2-24-16(23)10-12-9-15-7-8-17(11-12,22-15)13-3-5-14(6-4-13)18(19,20)21/h3-6,12,15,22H,2,7-11H2,1H3/t12?,15-,17-/m0/s1. The Hall–Kier alpha value is -1.56. The molecule has 2 aliphatic heterocycles. The van der Waals surface area contributed by atoms with Gasteiger partial charge < -0.3 is 10.1 Å². The molecule has 0 radical (unpaired) electrons. The lowest BCUT2D eigenvalue weighted by Crippen LogP contribution is -2.47. The van der Waals surface area contributed by atoms with E-state index in [1.165, 1.54) is 0 Å². The fourth-order valence-corrected chi connectivity index (χ4v) is 4.21. The lowest BCUT2D eigenvalue weighted by Gasteiger charge is -2.39. The quantitative estimate of drug-likeness (QED) is 0.841. The Morgan fingerprint density at radius 2 is 2.04 bits per heavy atom. The van der Waals surface area contributed by atoms with E-state index in [4.69, 9.17) is 4.74 Å². The number of rotatable bonds is 4. The SMILES string of the molecule is CCOC(=O)CC1C[C@@H]2CC[C@@](c3ccc(C(F)(F)F)cc3)(C1)N2. The van der Waals surface area contributed by atoms with E-state index in [0.717, 1.165) is 43.4 Å². The van der Waals surface area contributed by atoms with Gasteiger partial charge in [0.05, 0.1) is 12.2 Å². The summed E-state index contributed by atoms with van der Waals surface area (Å²) in [7, 11) is 0. The second-order valence-corrected chi connectivity index (χ2v) is 6.85. The minimum absolute atomic E-state index is 0.189.